The first kappa shape index (κ1) is 27.0. The third-order valence-corrected chi connectivity index (χ3v) is 7.26. The maximum absolute atomic E-state index is 14.3. The van der Waals surface area contributed by atoms with Gasteiger partial charge in [0.25, 0.3) is 0 Å². The number of hydrogen-bond acceptors (Lipinski definition) is 7. The summed E-state index contributed by atoms with van der Waals surface area (Å²) in [6.07, 6.45) is 5.02. The summed E-state index contributed by atoms with van der Waals surface area (Å²) in [4.78, 5) is 29.8. The van der Waals surface area contributed by atoms with E-state index < -0.39 is 6.04 Å². The van der Waals surface area contributed by atoms with Crippen LogP contribution in [0, 0.1) is 0 Å². The van der Waals surface area contributed by atoms with Crippen LogP contribution in [0.15, 0.2) is 66.7 Å². The normalized spacial score (nSPS) is 14.4. The molecule has 1 heterocycles. The predicted molar refractivity (Wildman–Crippen MR) is 150 cm³/mol. The van der Waals surface area contributed by atoms with Gasteiger partial charge in [-0.3, -0.25) is 14.5 Å². The quantitative estimate of drug-likeness (QED) is 0.322. The van der Waals surface area contributed by atoms with Gasteiger partial charge in [0.1, 0.15) is 35.4 Å². The molecule has 2 amide bonds. The number of rotatable bonds is 9. The van der Waals surface area contributed by atoms with Crippen molar-refractivity contribution in [2.75, 3.05) is 19.1 Å². The average Bonchev–Trinajstić information content (AvgIpc) is 3.39. The van der Waals surface area contributed by atoms with E-state index in [9.17, 15) is 14.7 Å². The highest BCUT2D eigenvalue weighted by Crippen LogP contribution is 2.35. The number of carbonyl (C=O) groups excluding carboxylic acids is 2. The maximum atomic E-state index is 14.3. The van der Waals surface area contributed by atoms with Gasteiger partial charge in [-0.2, -0.15) is 0 Å². The van der Waals surface area contributed by atoms with Crippen LogP contribution >= 0.6 is 0 Å². The van der Waals surface area contributed by atoms with Crippen LogP contribution in [0.2, 0.25) is 0 Å². The Morgan fingerprint density at radius 1 is 1.00 bits per heavy atom. The van der Waals surface area contributed by atoms with E-state index in [0.717, 1.165) is 32.1 Å². The lowest BCUT2D eigenvalue weighted by Crippen LogP contribution is -2.48. The Bertz CT molecular complexity index is 1460. The van der Waals surface area contributed by atoms with Crippen molar-refractivity contribution in [3.05, 3.63) is 72.3 Å². The third-order valence-electron chi connectivity index (χ3n) is 7.26. The fourth-order valence-electron chi connectivity index (χ4n) is 5.21. The second kappa shape index (κ2) is 12.1. The van der Waals surface area contributed by atoms with Crippen molar-refractivity contribution < 1.29 is 24.2 Å². The van der Waals surface area contributed by atoms with Crippen molar-refractivity contribution in [1.82, 2.24) is 20.3 Å². The minimum atomic E-state index is -1.04. The summed E-state index contributed by atoms with van der Waals surface area (Å²) in [5, 5.41) is 21.5. The molecule has 2 N–H and O–H groups in total. The standard InChI is InChI=1S/C30H33N5O5/c1-39-24-16-22(17-25(18-24)40-2)35(28(37)19-34-27-11-7-6-10-26(27)32-33-34)29(20-12-14-23(36)15-13-20)30(38)31-21-8-4-3-5-9-21/h6-7,10-18,21,29,36H,3-5,8-9,19H2,1-2H3,(H,31,38). The number of hydrogen-bond donors (Lipinski definition) is 2. The first-order valence-electron chi connectivity index (χ1n) is 13.4. The van der Waals surface area contributed by atoms with Gasteiger partial charge in [0, 0.05) is 24.2 Å². The first-order valence-corrected chi connectivity index (χ1v) is 13.4. The van der Waals surface area contributed by atoms with Gasteiger partial charge in [-0.05, 0) is 42.7 Å². The molecule has 1 aromatic heterocycles. The highest BCUT2D eigenvalue weighted by atomic mass is 16.5. The molecule has 1 aliphatic carbocycles. The Balaban J connectivity index is 1.61. The fraction of sp³-hybridized carbons (Fsp3) is 0.333. The van der Waals surface area contributed by atoms with Crippen LogP contribution in [0.1, 0.15) is 43.7 Å². The van der Waals surface area contributed by atoms with Gasteiger partial charge in [0.05, 0.1) is 25.4 Å². The zero-order valence-electron chi connectivity index (χ0n) is 22.6. The molecule has 208 valence electrons. The van der Waals surface area contributed by atoms with E-state index in [0.29, 0.717) is 33.8 Å². The molecule has 10 nitrogen and oxygen atoms in total. The number of amides is 2. The van der Waals surface area contributed by atoms with Crippen molar-refractivity contribution in [3.63, 3.8) is 0 Å². The fourth-order valence-corrected chi connectivity index (χ4v) is 5.21. The van der Waals surface area contributed by atoms with Gasteiger partial charge < -0.3 is 19.9 Å². The van der Waals surface area contributed by atoms with Gasteiger partial charge in [0.15, 0.2) is 0 Å². The van der Waals surface area contributed by atoms with Crippen LogP contribution in [0.25, 0.3) is 11.0 Å². The van der Waals surface area contributed by atoms with Crippen molar-refractivity contribution in [3.8, 4) is 17.2 Å². The van der Waals surface area contributed by atoms with Crippen LogP contribution in [-0.4, -0.2) is 52.2 Å². The molecule has 0 radical (unpaired) electrons. The second-order valence-electron chi connectivity index (χ2n) is 9.91. The minimum Gasteiger partial charge on any atom is -0.508 e. The molecule has 0 saturated heterocycles. The molecule has 3 aromatic carbocycles. The maximum Gasteiger partial charge on any atom is 0.249 e. The summed E-state index contributed by atoms with van der Waals surface area (Å²) in [6, 6.07) is 17.8. The summed E-state index contributed by atoms with van der Waals surface area (Å²) in [5.41, 5.74) is 2.33. The largest absolute Gasteiger partial charge is 0.508 e. The topological polar surface area (TPSA) is 119 Å². The first-order chi connectivity index (χ1) is 19.5. The second-order valence-corrected chi connectivity index (χ2v) is 9.91. The highest BCUT2D eigenvalue weighted by Gasteiger charge is 2.35. The Morgan fingerprint density at radius 2 is 1.68 bits per heavy atom. The van der Waals surface area contributed by atoms with Crippen LogP contribution in [0.4, 0.5) is 5.69 Å². The Labute approximate surface area is 232 Å². The van der Waals surface area contributed by atoms with Gasteiger partial charge in [-0.1, -0.05) is 48.7 Å². The van der Waals surface area contributed by atoms with Crippen LogP contribution in [0.3, 0.4) is 0 Å². The number of methoxy groups -OCH3 is 2. The van der Waals surface area contributed by atoms with E-state index in [4.69, 9.17) is 9.47 Å². The van der Waals surface area contributed by atoms with E-state index in [2.05, 4.69) is 15.6 Å². The number of ether oxygens (including phenoxy) is 2. The molecule has 10 heteroatoms. The number of aromatic nitrogens is 3. The van der Waals surface area contributed by atoms with Gasteiger partial charge >= 0.3 is 0 Å². The molecule has 1 aliphatic rings. The lowest BCUT2D eigenvalue weighted by molar-refractivity contribution is -0.127. The third kappa shape index (κ3) is 5.85. The number of nitrogens with one attached hydrogen (secondary N) is 1. The number of nitrogens with zero attached hydrogens (tertiary/aromatic N) is 4. The molecule has 0 bridgehead atoms. The lowest BCUT2D eigenvalue weighted by atomic mass is 9.94. The van der Waals surface area contributed by atoms with E-state index in [1.807, 2.05) is 24.3 Å². The number of anilines is 1. The zero-order chi connectivity index (χ0) is 28.1. The van der Waals surface area contributed by atoms with Crippen LogP contribution < -0.4 is 19.7 Å². The number of carbonyl (C=O) groups is 2. The highest BCUT2D eigenvalue weighted by molar-refractivity contribution is 6.02. The molecule has 1 atom stereocenters. The molecule has 1 unspecified atom stereocenters. The Morgan fingerprint density at radius 3 is 2.35 bits per heavy atom. The number of fused-ring (bicyclic) bond motifs is 1. The van der Waals surface area contributed by atoms with Gasteiger partial charge in [-0.15, -0.1) is 5.10 Å². The number of para-hydroxylation sites is 1. The summed E-state index contributed by atoms with van der Waals surface area (Å²) in [6.45, 7) is -0.161. The van der Waals surface area contributed by atoms with Crippen molar-refractivity contribution in [1.29, 1.82) is 0 Å². The number of aromatic hydroxyl groups is 1. The van der Waals surface area contributed by atoms with E-state index in [1.165, 1.54) is 35.9 Å². The summed E-state index contributed by atoms with van der Waals surface area (Å²) in [7, 11) is 3.05. The van der Waals surface area contributed by atoms with E-state index in [1.54, 1.807) is 30.3 Å². The molecular formula is C30H33N5O5. The molecule has 0 spiro atoms. The SMILES string of the molecule is COc1cc(OC)cc(N(C(=O)Cn2nnc3ccccc32)C(C(=O)NC2CCCCC2)c2ccc(O)cc2)c1. The number of phenolic OH excluding ortho intramolecular Hbond substituents is 1. The molecule has 1 fully saturated rings. The number of phenols is 1. The lowest BCUT2D eigenvalue weighted by Gasteiger charge is -2.33. The molecule has 40 heavy (non-hydrogen) atoms. The Kier molecular flexibility index (Phi) is 8.14. The molecule has 1 saturated carbocycles. The molecule has 0 aliphatic heterocycles. The Hall–Kier alpha value is -4.60. The zero-order valence-corrected chi connectivity index (χ0v) is 22.6. The van der Waals surface area contributed by atoms with Crippen molar-refractivity contribution in [2.24, 2.45) is 0 Å². The number of benzene rings is 3. The summed E-state index contributed by atoms with van der Waals surface area (Å²) < 4.78 is 12.5. The van der Waals surface area contributed by atoms with Crippen molar-refractivity contribution >= 4 is 28.5 Å². The van der Waals surface area contributed by atoms with Gasteiger partial charge in [0.2, 0.25) is 11.8 Å². The molecular weight excluding hydrogens is 510 g/mol. The molecule has 5 rings (SSSR count). The predicted octanol–water partition coefficient (Wildman–Crippen LogP) is 4.38. The van der Waals surface area contributed by atoms with Crippen molar-refractivity contribution in [2.45, 2.75) is 50.7 Å². The molecule has 4 aromatic rings. The van der Waals surface area contributed by atoms with E-state index >= 15 is 0 Å². The monoisotopic (exact) mass is 543 g/mol. The van der Waals surface area contributed by atoms with Crippen LogP contribution in [-0.2, 0) is 16.1 Å². The van der Waals surface area contributed by atoms with Crippen LogP contribution in [0.5, 0.6) is 17.2 Å². The summed E-state index contributed by atoms with van der Waals surface area (Å²) in [5.74, 6) is 0.301. The smallest absolute Gasteiger partial charge is 0.249 e. The average molecular weight is 544 g/mol. The minimum absolute atomic E-state index is 0.0249. The summed E-state index contributed by atoms with van der Waals surface area (Å²) >= 11 is 0. The van der Waals surface area contributed by atoms with Gasteiger partial charge in [-0.25, -0.2) is 4.68 Å². The van der Waals surface area contributed by atoms with E-state index in [-0.39, 0.29) is 30.2 Å².